The lowest BCUT2D eigenvalue weighted by atomic mass is 10.0. The average Bonchev–Trinajstić information content (AvgIpc) is 2.70. The van der Waals surface area contributed by atoms with E-state index in [4.69, 9.17) is 9.84 Å². The van der Waals surface area contributed by atoms with Gasteiger partial charge in [-0.2, -0.15) is 5.10 Å². The van der Waals surface area contributed by atoms with Crippen molar-refractivity contribution in [3.63, 3.8) is 0 Å². The number of rotatable bonds is 4. The molecule has 2 rings (SSSR count). The number of H-pyrrole nitrogens is 1. The summed E-state index contributed by atoms with van der Waals surface area (Å²) >= 11 is 0. The molecule has 0 saturated heterocycles. The molecular formula is C14H16N2O3. The third kappa shape index (κ3) is 2.59. The zero-order valence-corrected chi connectivity index (χ0v) is 11.2. The molecule has 0 unspecified atom stereocenters. The summed E-state index contributed by atoms with van der Waals surface area (Å²) in [6, 6.07) is 5.78. The van der Waals surface area contributed by atoms with Gasteiger partial charge in [0.05, 0.1) is 19.2 Å². The van der Waals surface area contributed by atoms with Crippen LogP contribution in [0.4, 0.5) is 0 Å². The van der Waals surface area contributed by atoms with Crippen LogP contribution in [0.3, 0.4) is 0 Å². The first-order valence-corrected chi connectivity index (χ1v) is 5.93. The maximum absolute atomic E-state index is 10.7. The second kappa shape index (κ2) is 5.14. The van der Waals surface area contributed by atoms with Crippen LogP contribution in [0.5, 0.6) is 5.75 Å². The topological polar surface area (TPSA) is 75.2 Å². The van der Waals surface area contributed by atoms with Gasteiger partial charge in [0.1, 0.15) is 5.75 Å². The molecule has 1 aromatic heterocycles. The van der Waals surface area contributed by atoms with Gasteiger partial charge in [-0.3, -0.25) is 9.89 Å². The highest BCUT2D eigenvalue weighted by molar-refractivity contribution is 5.72. The highest BCUT2D eigenvalue weighted by Crippen LogP contribution is 2.28. The summed E-state index contributed by atoms with van der Waals surface area (Å²) in [6.07, 6.45) is -0.0476. The molecule has 19 heavy (non-hydrogen) atoms. The number of hydrogen-bond donors (Lipinski definition) is 2. The van der Waals surface area contributed by atoms with Crippen LogP contribution in [0.2, 0.25) is 0 Å². The van der Waals surface area contributed by atoms with Gasteiger partial charge in [0.2, 0.25) is 0 Å². The Hall–Kier alpha value is -2.30. The highest BCUT2D eigenvalue weighted by Gasteiger charge is 2.14. The molecule has 2 aromatic rings. The quantitative estimate of drug-likeness (QED) is 0.884. The van der Waals surface area contributed by atoms with E-state index in [0.717, 1.165) is 28.1 Å². The predicted octanol–water partition coefficient (Wildman–Crippen LogP) is 2.33. The first-order valence-electron chi connectivity index (χ1n) is 5.93. The number of ether oxygens (including phenoxy) is 1. The second-order valence-electron chi connectivity index (χ2n) is 4.43. The van der Waals surface area contributed by atoms with Crippen LogP contribution < -0.4 is 4.74 Å². The number of carboxylic acids is 1. The largest absolute Gasteiger partial charge is 0.496 e. The number of aromatic amines is 1. The summed E-state index contributed by atoms with van der Waals surface area (Å²) < 4.78 is 5.22. The van der Waals surface area contributed by atoms with Gasteiger partial charge in [-0.15, -0.1) is 0 Å². The van der Waals surface area contributed by atoms with E-state index in [-0.39, 0.29) is 6.42 Å². The van der Waals surface area contributed by atoms with Crippen LogP contribution in [-0.2, 0) is 11.2 Å². The van der Waals surface area contributed by atoms with E-state index >= 15 is 0 Å². The van der Waals surface area contributed by atoms with E-state index < -0.39 is 5.97 Å². The Morgan fingerprint density at radius 1 is 1.42 bits per heavy atom. The van der Waals surface area contributed by atoms with Crippen LogP contribution in [-0.4, -0.2) is 28.4 Å². The Kier molecular flexibility index (Phi) is 3.55. The van der Waals surface area contributed by atoms with Crippen molar-refractivity contribution in [2.24, 2.45) is 0 Å². The van der Waals surface area contributed by atoms with Crippen LogP contribution in [0.15, 0.2) is 18.2 Å². The number of nitrogens with zero attached hydrogens (tertiary/aromatic N) is 1. The standard InChI is InChI=1S/C14H16N2O3/c1-8-6-10(4-5-12(8)19-3)14-9(2)11(15-16-14)7-13(17)18/h4-6H,7H2,1-3H3,(H,15,16)(H,17,18). The fraction of sp³-hybridized carbons (Fsp3) is 0.286. The van der Waals surface area contributed by atoms with Gasteiger partial charge < -0.3 is 9.84 Å². The van der Waals surface area contributed by atoms with Gasteiger partial charge in [-0.05, 0) is 43.2 Å². The number of nitrogens with one attached hydrogen (secondary N) is 1. The van der Waals surface area contributed by atoms with E-state index in [1.54, 1.807) is 7.11 Å². The van der Waals surface area contributed by atoms with Crippen LogP contribution in [0.25, 0.3) is 11.3 Å². The third-order valence-corrected chi connectivity index (χ3v) is 3.11. The minimum atomic E-state index is -0.871. The van der Waals surface area contributed by atoms with Crippen molar-refractivity contribution >= 4 is 5.97 Å². The van der Waals surface area contributed by atoms with Crippen molar-refractivity contribution in [2.75, 3.05) is 7.11 Å². The smallest absolute Gasteiger partial charge is 0.309 e. The Morgan fingerprint density at radius 3 is 2.74 bits per heavy atom. The zero-order chi connectivity index (χ0) is 14.0. The normalized spacial score (nSPS) is 10.5. The fourth-order valence-electron chi connectivity index (χ4n) is 2.06. The van der Waals surface area contributed by atoms with E-state index in [2.05, 4.69) is 10.2 Å². The molecule has 0 aliphatic rings. The molecule has 1 aromatic carbocycles. The van der Waals surface area contributed by atoms with E-state index in [1.807, 2.05) is 32.0 Å². The first-order chi connectivity index (χ1) is 9.02. The summed E-state index contributed by atoms with van der Waals surface area (Å²) in [6.45, 7) is 3.83. The number of carboxylic acid groups (broad SMARTS) is 1. The van der Waals surface area contributed by atoms with E-state index in [1.165, 1.54) is 0 Å². The van der Waals surface area contributed by atoms with E-state index in [9.17, 15) is 4.79 Å². The number of hydrogen-bond acceptors (Lipinski definition) is 3. The molecule has 0 bridgehead atoms. The van der Waals surface area contributed by atoms with Crippen LogP contribution >= 0.6 is 0 Å². The lowest BCUT2D eigenvalue weighted by molar-refractivity contribution is -0.136. The summed E-state index contributed by atoms with van der Waals surface area (Å²) in [5.41, 5.74) is 4.25. The maximum Gasteiger partial charge on any atom is 0.309 e. The Balaban J connectivity index is 2.39. The van der Waals surface area contributed by atoms with Crippen molar-refractivity contribution in [1.82, 2.24) is 10.2 Å². The van der Waals surface area contributed by atoms with Gasteiger partial charge >= 0.3 is 5.97 Å². The summed E-state index contributed by atoms with van der Waals surface area (Å²) in [4.78, 5) is 10.7. The molecule has 0 aliphatic carbocycles. The van der Waals surface area contributed by atoms with Gasteiger partial charge in [0.25, 0.3) is 0 Å². The molecule has 5 heteroatoms. The van der Waals surface area contributed by atoms with Gasteiger partial charge in [-0.25, -0.2) is 0 Å². The number of aromatic nitrogens is 2. The number of aryl methyl sites for hydroxylation is 1. The van der Waals surface area contributed by atoms with Crippen molar-refractivity contribution in [3.05, 3.63) is 35.0 Å². The summed E-state index contributed by atoms with van der Waals surface area (Å²) in [5.74, 6) is -0.0492. The Bertz CT molecular complexity index is 617. The monoisotopic (exact) mass is 260 g/mol. The highest BCUT2D eigenvalue weighted by atomic mass is 16.5. The molecule has 100 valence electrons. The molecule has 0 amide bonds. The molecule has 0 aliphatic heterocycles. The molecule has 2 N–H and O–H groups in total. The number of benzene rings is 1. The van der Waals surface area contributed by atoms with Crippen LogP contribution in [0, 0.1) is 13.8 Å². The Labute approximate surface area is 111 Å². The molecule has 5 nitrogen and oxygen atoms in total. The molecule has 0 spiro atoms. The predicted molar refractivity (Wildman–Crippen MR) is 71.4 cm³/mol. The second-order valence-corrected chi connectivity index (χ2v) is 4.43. The summed E-state index contributed by atoms with van der Waals surface area (Å²) in [5, 5.41) is 15.8. The fourth-order valence-corrected chi connectivity index (χ4v) is 2.06. The lowest BCUT2D eigenvalue weighted by Gasteiger charge is -2.06. The molecular weight excluding hydrogens is 244 g/mol. The molecule has 0 fully saturated rings. The number of methoxy groups -OCH3 is 1. The van der Waals surface area contributed by atoms with Gasteiger partial charge in [0.15, 0.2) is 0 Å². The van der Waals surface area contributed by atoms with E-state index in [0.29, 0.717) is 5.69 Å². The van der Waals surface area contributed by atoms with Gasteiger partial charge in [-0.1, -0.05) is 0 Å². The molecule has 0 atom stereocenters. The van der Waals surface area contributed by atoms with Crippen molar-refractivity contribution in [3.8, 4) is 17.0 Å². The first kappa shape index (κ1) is 13.1. The SMILES string of the molecule is COc1ccc(-c2n[nH]c(CC(=O)O)c2C)cc1C. The van der Waals surface area contributed by atoms with Gasteiger partial charge in [0, 0.05) is 11.3 Å². The van der Waals surface area contributed by atoms with Crippen molar-refractivity contribution in [1.29, 1.82) is 0 Å². The Morgan fingerprint density at radius 2 is 2.16 bits per heavy atom. The lowest BCUT2D eigenvalue weighted by Crippen LogP contribution is -2.01. The van der Waals surface area contributed by atoms with Crippen LogP contribution in [0.1, 0.15) is 16.8 Å². The number of carbonyl (C=O) groups is 1. The third-order valence-electron chi connectivity index (χ3n) is 3.11. The van der Waals surface area contributed by atoms with Crippen molar-refractivity contribution < 1.29 is 14.6 Å². The minimum absolute atomic E-state index is 0.0476. The molecule has 1 heterocycles. The molecule has 0 saturated carbocycles. The summed E-state index contributed by atoms with van der Waals surface area (Å²) in [7, 11) is 1.63. The maximum atomic E-state index is 10.7. The average molecular weight is 260 g/mol. The van der Waals surface area contributed by atoms with Crippen molar-refractivity contribution in [2.45, 2.75) is 20.3 Å². The minimum Gasteiger partial charge on any atom is -0.496 e. The zero-order valence-electron chi connectivity index (χ0n) is 11.2. The molecule has 0 radical (unpaired) electrons. The number of aliphatic carboxylic acids is 1.